The summed E-state index contributed by atoms with van der Waals surface area (Å²) in [6.45, 7) is 6.83. The lowest BCUT2D eigenvalue weighted by molar-refractivity contribution is -0.140. The van der Waals surface area contributed by atoms with Gasteiger partial charge < -0.3 is 10.2 Å². The van der Waals surface area contributed by atoms with Crippen LogP contribution in [0.4, 0.5) is 5.69 Å². The summed E-state index contributed by atoms with van der Waals surface area (Å²) >= 11 is 18.5. The third-order valence-corrected chi connectivity index (χ3v) is 8.19. The van der Waals surface area contributed by atoms with Gasteiger partial charge in [-0.2, -0.15) is 0 Å². The second kappa shape index (κ2) is 13.0. The van der Waals surface area contributed by atoms with E-state index in [0.29, 0.717) is 38.3 Å². The summed E-state index contributed by atoms with van der Waals surface area (Å²) in [7, 11) is -3.86. The highest BCUT2D eigenvalue weighted by molar-refractivity contribution is 7.92. The van der Waals surface area contributed by atoms with E-state index >= 15 is 0 Å². The summed E-state index contributed by atoms with van der Waals surface area (Å²) in [5, 5.41) is 3.97. The maximum absolute atomic E-state index is 13.7. The molecule has 0 aliphatic rings. The molecule has 0 fully saturated rings. The molecule has 0 aliphatic carbocycles. The van der Waals surface area contributed by atoms with Crippen molar-refractivity contribution in [3.8, 4) is 0 Å². The number of rotatable bonds is 11. The smallest absolute Gasteiger partial charge is 0.244 e. The monoisotopic (exact) mass is 575 g/mol. The number of carbonyl (C=O) groups excluding carboxylic acids is 2. The summed E-state index contributed by atoms with van der Waals surface area (Å²) in [5.74, 6) is -0.859. The molecule has 2 rings (SSSR count). The molecule has 0 radical (unpaired) electrons. The van der Waals surface area contributed by atoms with Gasteiger partial charge >= 0.3 is 0 Å². The Morgan fingerprint density at radius 3 is 2.22 bits per heavy atom. The maximum atomic E-state index is 13.7. The molecule has 0 heterocycles. The highest BCUT2D eigenvalue weighted by Gasteiger charge is 2.32. The molecule has 1 N–H and O–H groups in total. The number of anilines is 1. The summed E-state index contributed by atoms with van der Waals surface area (Å²) in [6.07, 6.45) is 2.07. The number of sulfonamides is 1. The molecule has 0 saturated heterocycles. The van der Waals surface area contributed by atoms with Gasteiger partial charge in [0.25, 0.3) is 0 Å². The third-order valence-electron chi connectivity index (χ3n) is 5.91. The topological polar surface area (TPSA) is 86.8 Å². The van der Waals surface area contributed by atoms with E-state index in [1.54, 1.807) is 50.2 Å². The fourth-order valence-electron chi connectivity index (χ4n) is 3.66. The van der Waals surface area contributed by atoms with Gasteiger partial charge in [0.2, 0.25) is 21.8 Å². The van der Waals surface area contributed by atoms with Crippen LogP contribution in [0.5, 0.6) is 0 Å². The van der Waals surface area contributed by atoms with Crippen molar-refractivity contribution in [1.29, 1.82) is 0 Å². The molecule has 11 heteroatoms. The number of nitrogens with one attached hydrogen (secondary N) is 1. The van der Waals surface area contributed by atoms with Crippen LogP contribution in [0.3, 0.4) is 0 Å². The maximum Gasteiger partial charge on any atom is 0.244 e. The Morgan fingerprint density at radius 2 is 1.67 bits per heavy atom. The Kier molecular flexibility index (Phi) is 10.9. The lowest BCUT2D eigenvalue weighted by atomic mass is 10.1. The zero-order valence-electron chi connectivity index (χ0n) is 21.0. The molecule has 0 bridgehead atoms. The molecule has 2 aromatic carbocycles. The molecule has 0 saturated carbocycles. The number of amides is 2. The van der Waals surface area contributed by atoms with Crippen molar-refractivity contribution in [2.24, 2.45) is 0 Å². The average molecular weight is 577 g/mol. The van der Waals surface area contributed by atoms with Crippen molar-refractivity contribution in [3.05, 3.63) is 62.6 Å². The van der Waals surface area contributed by atoms with Gasteiger partial charge in [0.1, 0.15) is 12.6 Å². The van der Waals surface area contributed by atoms with E-state index in [1.165, 1.54) is 4.90 Å². The van der Waals surface area contributed by atoms with Crippen LogP contribution in [0.25, 0.3) is 0 Å². The number of hydrogen-bond donors (Lipinski definition) is 1. The van der Waals surface area contributed by atoms with E-state index in [2.05, 4.69) is 5.32 Å². The molecule has 0 aliphatic heterocycles. The number of nitrogens with zero attached hydrogens (tertiary/aromatic N) is 2. The fourth-order valence-corrected chi connectivity index (χ4v) is 5.05. The summed E-state index contributed by atoms with van der Waals surface area (Å²) in [4.78, 5) is 28.3. The number of hydrogen-bond acceptors (Lipinski definition) is 4. The highest BCUT2D eigenvalue weighted by atomic mass is 35.5. The Bertz CT molecular complexity index is 1210. The first-order valence-corrected chi connectivity index (χ1v) is 14.5. The Hall–Kier alpha value is -2.00. The summed E-state index contributed by atoms with van der Waals surface area (Å²) in [6, 6.07) is 8.88. The lowest BCUT2D eigenvalue weighted by Gasteiger charge is -2.33. The van der Waals surface area contributed by atoms with E-state index in [-0.39, 0.29) is 18.5 Å². The minimum Gasteiger partial charge on any atom is -0.352 e. The molecule has 0 spiro atoms. The van der Waals surface area contributed by atoms with Crippen LogP contribution < -0.4 is 9.62 Å². The highest BCUT2D eigenvalue weighted by Crippen LogP contribution is 2.29. The number of halogens is 3. The van der Waals surface area contributed by atoms with Gasteiger partial charge in [0.05, 0.1) is 22.0 Å². The Morgan fingerprint density at radius 1 is 1.00 bits per heavy atom. The van der Waals surface area contributed by atoms with Crippen LogP contribution >= 0.6 is 34.8 Å². The van der Waals surface area contributed by atoms with Gasteiger partial charge in [0, 0.05) is 17.6 Å². The molecule has 2 amide bonds. The number of benzene rings is 2. The first kappa shape index (κ1) is 30.2. The van der Waals surface area contributed by atoms with Gasteiger partial charge in [0.15, 0.2) is 0 Å². The van der Waals surface area contributed by atoms with Crippen molar-refractivity contribution in [2.45, 2.75) is 59.2 Å². The molecule has 2 atom stereocenters. The van der Waals surface area contributed by atoms with Gasteiger partial charge in [-0.15, -0.1) is 0 Å². The van der Waals surface area contributed by atoms with Crippen LogP contribution in [-0.2, 0) is 26.2 Å². The predicted molar refractivity (Wildman–Crippen MR) is 147 cm³/mol. The Labute approximate surface area is 228 Å². The third kappa shape index (κ3) is 7.75. The number of carbonyl (C=O) groups is 2. The van der Waals surface area contributed by atoms with Gasteiger partial charge in [-0.05, 0) is 62.1 Å². The fraction of sp³-hybridized carbons (Fsp3) is 0.440. The normalized spacial score (nSPS) is 13.1. The minimum absolute atomic E-state index is 0.0360. The van der Waals surface area contributed by atoms with E-state index in [4.69, 9.17) is 34.8 Å². The molecular formula is C25H32Cl3N3O4S. The second-order valence-corrected chi connectivity index (χ2v) is 11.8. The van der Waals surface area contributed by atoms with Gasteiger partial charge in [-0.3, -0.25) is 13.9 Å². The van der Waals surface area contributed by atoms with E-state index in [0.717, 1.165) is 17.0 Å². The van der Waals surface area contributed by atoms with Crippen LogP contribution in [0, 0.1) is 6.92 Å². The molecular weight excluding hydrogens is 545 g/mol. The Balaban J connectivity index is 2.51. The minimum atomic E-state index is -3.86. The first-order chi connectivity index (χ1) is 16.8. The standard InChI is InChI=1S/C25H32Cl3N3O4S/c1-6-16(3)29-25(33)22(7-2)30(14-18-11-12-20(27)21(28)13-18)24(32)15-31(36(5,34)35)23-10-8-9-19(26)17(23)4/h8-13,16,22H,6-7,14-15H2,1-5H3,(H,29,33)/t16-,22+/m1/s1. The van der Waals surface area contributed by atoms with E-state index in [1.807, 2.05) is 13.8 Å². The zero-order valence-corrected chi connectivity index (χ0v) is 24.1. The second-order valence-electron chi connectivity index (χ2n) is 8.67. The van der Waals surface area contributed by atoms with Crippen molar-refractivity contribution in [1.82, 2.24) is 10.2 Å². The van der Waals surface area contributed by atoms with Crippen molar-refractivity contribution in [3.63, 3.8) is 0 Å². The summed E-state index contributed by atoms with van der Waals surface area (Å²) < 4.78 is 26.5. The van der Waals surface area contributed by atoms with E-state index < -0.39 is 28.5 Å². The molecule has 7 nitrogen and oxygen atoms in total. The molecule has 198 valence electrons. The molecule has 2 aromatic rings. The average Bonchev–Trinajstić information content (AvgIpc) is 2.80. The van der Waals surface area contributed by atoms with Gasteiger partial charge in [-0.25, -0.2) is 8.42 Å². The van der Waals surface area contributed by atoms with Crippen molar-refractivity contribution in [2.75, 3.05) is 17.1 Å². The molecule has 0 unspecified atom stereocenters. The zero-order chi connectivity index (χ0) is 27.2. The van der Waals surface area contributed by atoms with E-state index in [9.17, 15) is 18.0 Å². The summed E-state index contributed by atoms with van der Waals surface area (Å²) in [5.41, 5.74) is 1.47. The lowest BCUT2D eigenvalue weighted by Crippen LogP contribution is -2.53. The van der Waals surface area contributed by atoms with Crippen LogP contribution in [-0.4, -0.2) is 50.0 Å². The van der Waals surface area contributed by atoms with Gasteiger partial charge in [-0.1, -0.05) is 60.8 Å². The quantitative estimate of drug-likeness (QED) is 0.386. The predicted octanol–water partition coefficient (Wildman–Crippen LogP) is 5.44. The molecule has 0 aromatic heterocycles. The first-order valence-electron chi connectivity index (χ1n) is 11.6. The largest absolute Gasteiger partial charge is 0.352 e. The molecule has 36 heavy (non-hydrogen) atoms. The SMILES string of the molecule is CC[C@@H](C)NC(=O)[C@H](CC)N(Cc1ccc(Cl)c(Cl)c1)C(=O)CN(c1cccc(Cl)c1C)S(C)(=O)=O. The van der Waals surface area contributed by atoms with Crippen LogP contribution in [0.15, 0.2) is 36.4 Å². The van der Waals surface area contributed by atoms with Crippen molar-refractivity contribution >= 4 is 62.3 Å². The van der Waals surface area contributed by atoms with Crippen LogP contribution in [0.2, 0.25) is 15.1 Å². The van der Waals surface area contributed by atoms with Crippen LogP contribution in [0.1, 0.15) is 44.7 Å². The van der Waals surface area contributed by atoms with Crippen molar-refractivity contribution < 1.29 is 18.0 Å².